The molecule has 0 radical (unpaired) electrons. The van der Waals surface area contributed by atoms with E-state index >= 15 is 0 Å². The number of non-ortho nitro benzene ring substituents is 1. The summed E-state index contributed by atoms with van der Waals surface area (Å²) in [4.78, 5) is 22.4. The molecule has 0 bridgehead atoms. The Morgan fingerprint density at radius 2 is 1.77 bits per heavy atom. The fraction of sp³-hybridized carbons (Fsp3) is 0.273. The molecular weight excluding hydrogens is 382 g/mol. The molecule has 0 aliphatic heterocycles. The number of nitrogens with zero attached hydrogens (tertiary/aromatic N) is 3. The average molecular weight is 407 g/mol. The minimum Gasteiger partial charge on any atom is -0.383 e. The van der Waals surface area contributed by atoms with Gasteiger partial charge in [0.25, 0.3) is 5.69 Å². The fourth-order valence-corrected chi connectivity index (χ4v) is 3.29. The van der Waals surface area contributed by atoms with Crippen LogP contribution in [0.25, 0.3) is 5.69 Å². The second-order valence-corrected chi connectivity index (χ2v) is 6.98. The first-order valence-corrected chi connectivity index (χ1v) is 9.81. The van der Waals surface area contributed by atoms with Crippen LogP contribution in [-0.4, -0.2) is 33.7 Å². The number of amides is 1. The summed E-state index contributed by atoms with van der Waals surface area (Å²) in [5.74, 6) is -0.0215. The van der Waals surface area contributed by atoms with Crippen molar-refractivity contribution in [2.24, 2.45) is 0 Å². The number of nitro benzene ring substituents is 1. The summed E-state index contributed by atoms with van der Waals surface area (Å²) in [6, 6.07) is 16.1. The standard InChI is InChI=1S/C22H25N5O3/c1-16-21(17(2)26(25-16)19-6-4-3-5-7-19)12-13-22(28)24-15-14-23-18-8-10-20(11-9-18)27(29)30/h3-11,23H,12-15H2,1-2H3,(H,24,28). The van der Waals surface area contributed by atoms with Gasteiger partial charge < -0.3 is 10.6 Å². The van der Waals surface area contributed by atoms with E-state index in [0.717, 1.165) is 28.3 Å². The van der Waals surface area contributed by atoms with Gasteiger partial charge in [-0.05, 0) is 50.1 Å². The molecule has 0 aliphatic rings. The highest BCUT2D eigenvalue weighted by atomic mass is 16.6. The van der Waals surface area contributed by atoms with Gasteiger partial charge in [-0.3, -0.25) is 14.9 Å². The fourth-order valence-electron chi connectivity index (χ4n) is 3.29. The Morgan fingerprint density at radius 1 is 1.07 bits per heavy atom. The molecule has 1 amide bonds. The van der Waals surface area contributed by atoms with Gasteiger partial charge in [0.2, 0.25) is 5.91 Å². The topological polar surface area (TPSA) is 102 Å². The van der Waals surface area contributed by atoms with E-state index in [4.69, 9.17) is 0 Å². The molecule has 0 aliphatic carbocycles. The summed E-state index contributed by atoms with van der Waals surface area (Å²) in [7, 11) is 0. The molecule has 8 heteroatoms. The van der Waals surface area contributed by atoms with Crippen LogP contribution in [0.3, 0.4) is 0 Å². The lowest BCUT2D eigenvalue weighted by Gasteiger charge is -2.08. The Balaban J connectivity index is 1.45. The Morgan fingerprint density at radius 3 is 2.43 bits per heavy atom. The number of carbonyl (C=O) groups excluding carboxylic acids is 1. The minimum atomic E-state index is -0.434. The molecule has 156 valence electrons. The number of anilines is 1. The number of hydrogen-bond donors (Lipinski definition) is 2. The van der Waals surface area contributed by atoms with Gasteiger partial charge in [-0.25, -0.2) is 4.68 Å². The van der Waals surface area contributed by atoms with Crippen molar-refractivity contribution in [1.82, 2.24) is 15.1 Å². The maximum Gasteiger partial charge on any atom is 0.269 e. The van der Waals surface area contributed by atoms with E-state index in [1.54, 1.807) is 12.1 Å². The molecule has 3 rings (SSSR count). The van der Waals surface area contributed by atoms with Crippen molar-refractivity contribution in [1.29, 1.82) is 0 Å². The van der Waals surface area contributed by atoms with Crippen LogP contribution in [0, 0.1) is 24.0 Å². The molecule has 0 saturated heterocycles. The first kappa shape index (κ1) is 21.0. The number of hydrogen-bond acceptors (Lipinski definition) is 5. The van der Waals surface area contributed by atoms with Gasteiger partial charge in [0.1, 0.15) is 0 Å². The van der Waals surface area contributed by atoms with E-state index in [1.807, 2.05) is 48.9 Å². The number of rotatable bonds is 9. The Bertz CT molecular complexity index is 1010. The van der Waals surface area contributed by atoms with Gasteiger partial charge in [-0.2, -0.15) is 5.10 Å². The van der Waals surface area contributed by atoms with Crippen LogP contribution < -0.4 is 10.6 Å². The maximum absolute atomic E-state index is 12.2. The monoisotopic (exact) mass is 407 g/mol. The molecule has 2 N–H and O–H groups in total. The van der Waals surface area contributed by atoms with E-state index in [2.05, 4.69) is 15.7 Å². The summed E-state index contributed by atoms with van der Waals surface area (Å²) in [5, 5.41) is 21.3. The lowest BCUT2D eigenvalue weighted by atomic mass is 10.1. The second-order valence-electron chi connectivity index (χ2n) is 6.98. The zero-order valence-corrected chi connectivity index (χ0v) is 17.1. The predicted molar refractivity (Wildman–Crippen MR) is 116 cm³/mol. The summed E-state index contributed by atoms with van der Waals surface area (Å²) in [6.07, 6.45) is 1.02. The highest BCUT2D eigenvalue weighted by Gasteiger charge is 2.14. The molecule has 30 heavy (non-hydrogen) atoms. The van der Waals surface area contributed by atoms with Gasteiger partial charge in [0, 0.05) is 43.0 Å². The van der Waals surface area contributed by atoms with E-state index in [9.17, 15) is 14.9 Å². The largest absolute Gasteiger partial charge is 0.383 e. The molecule has 0 fully saturated rings. The van der Waals surface area contributed by atoms with Crippen molar-refractivity contribution in [3.05, 3.63) is 81.7 Å². The molecule has 3 aromatic rings. The maximum atomic E-state index is 12.2. The van der Waals surface area contributed by atoms with E-state index in [-0.39, 0.29) is 11.6 Å². The van der Waals surface area contributed by atoms with Gasteiger partial charge in [0.05, 0.1) is 16.3 Å². The van der Waals surface area contributed by atoms with Gasteiger partial charge in [-0.15, -0.1) is 0 Å². The van der Waals surface area contributed by atoms with Crippen LogP contribution in [0.5, 0.6) is 0 Å². The minimum absolute atomic E-state index is 0.0215. The number of benzene rings is 2. The molecule has 1 aromatic heterocycles. The number of nitro groups is 1. The van der Waals surface area contributed by atoms with Crippen LogP contribution in [0.1, 0.15) is 23.4 Å². The third kappa shape index (κ3) is 5.22. The van der Waals surface area contributed by atoms with Crippen molar-refractivity contribution >= 4 is 17.3 Å². The number of carbonyl (C=O) groups is 1. The van der Waals surface area contributed by atoms with Gasteiger partial charge in [0.15, 0.2) is 0 Å². The van der Waals surface area contributed by atoms with Crippen molar-refractivity contribution in [3.63, 3.8) is 0 Å². The molecule has 0 spiro atoms. The van der Waals surface area contributed by atoms with Crippen LogP contribution in [0.2, 0.25) is 0 Å². The predicted octanol–water partition coefficient (Wildman–Crippen LogP) is 3.56. The van der Waals surface area contributed by atoms with Gasteiger partial charge in [-0.1, -0.05) is 18.2 Å². The van der Waals surface area contributed by atoms with Gasteiger partial charge >= 0.3 is 0 Å². The summed E-state index contributed by atoms with van der Waals surface area (Å²) in [5.41, 5.74) is 4.91. The normalized spacial score (nSPS) is 10.6. The Labute approximate surface area is 175 Å². The SMILES string of the molecule is Cc1nn(-c2ccccc2)c(C)c1CCC(=O)NCCNc1ccc([N+](=O)[O-])cc1. The first-order chi connectivity index (χ1) is 14.5. The highest BCUT2D eigenvalue weighted by molar-refractivity contribution is 5.76. The smallest absolute Gasteiger partial charge is 0.269 e. The molecule has 0 atom stereocenters. The number of para-hydroxylation sites is 1. The average Bonchev–Trinajstić information content (AvgIpc) is 3.04. The van der Waals surface area contributed by atoms with Crippen molar-refractivity contribution in [2.45, 2.75) is 26.7 Å². The van der Waals surface area contributed by atoms with E-state index in [0.29, 0.717) is 25.9 Å². The van der Waals surface area contributed by atoms with Crippen LogP contribution in [0.15, 0.2) is 54.6 Å². The molecule has 1 heterocycles. The zero-order valence-electron chi connectivity index (χ0n) is 17.1. The Kier molecular flexibility index (Phi) is 6.79. The summed E-state index contributed by atoms with van der Waals surface area (Å²) < 4.78 is 1.91. The molecule has 8 nitrogen and oxygen atoms in total. The quantitative estimate of drug-likeness (QED) is 0.321. The van der Waals surface area contributed by atoms with E-state index in [1.165, 1.54) is 12.1 Å². The first-order valence-electron chi connectivity index (χ1n) is 9.81. The third-order valence-electron chi connectivity index (χ3n) is 4.90. The van der Waals surface area contributed by atoms with Crippen molar-refractivity contribution in [3.8, 4) is 5.69 Å². The van der Waals surface area contributed by atoms with Crippen LogP contribution in [0.4, 0.5) is 11.4 Å². The van der Waals surface area contributed by atoms with Crippen molar-refractivity contribution in [2.75, 3.05) is 18.4 Å². The molecular formula is C22H25N5O3. The number of nitrogens with one attached hydrogen (secondary N) is 2. The summed E-state index contributed by atoms with van der Waals surface area (Å²) in [6.45, 7) is 4.99. The molecule has 0 unspecified atom stereocenters. The highest BCUT2D eigenvalue weighted by Crippen LogP contribution is 2.19. The zero-order chi connectivity index (χ0) is 21.5. The second kappa shape index (κ2) is 9.69. The lowest BCUT2D eigenvalue weighted by Crippen LogP contribution is -2.29. The summed E-state index contributed by atoms with van der Waals surface area (Å²) >= 11 is 0. The van der Waals surface area contributed by atoms with E-state index < -0.39 is 4.92 Å². The Hall–Kier alpha value is -3.68. The van der Waals surface area contributed by atoms with Crippen molar-refractivity contribution < 1.29 is 9.72 Å². The molecule has 2 aromatic carbocycles. The third-order valence-corrected chi connectivity index (χ3v) is 4.90. The number of aryl methyl sites for hydroxylation is 1. The number of aromatic nitrogens is 2. The molecule has 0 saturated carbocycles. The van der Waals surface area contributed by atoms with Crippen LogP contribution >= 0.6 is 0 Å². The van der Waals surface area contributed by atoms with Crippen LogP contribution in [-0.2, 0) is 11.2 Å². The lowest BCUT2D eigenvalue weighted by molar-refractivity contribution is -0.384.